The van der Waals surface area contributed by atoms with Gasteiger partial charge in [0.1, 0.15) is 0 Å². The van der Waals surface area contributed by atoms with Crippen molar-refractivity contribution in [2.45, 2.75) is 32.6 Å². The van der Waals surface area contributed by atoms with E-state index in [4.69, 9.17) is 5.73 Å². The maximum atomic E-state index is 11.8. The molecule has 1 unspecified atom stereocenters. The van der Waals surface area contributed by atoms with Gasteiger partial charge in [0, 0.05) is 13.0 Å². The van der Waals surface area contributed by atoms with Gasteiger partial charge in [0.2, 0.25) is 5.91 Å². The number of rotatable bonds is 3. The summed E-state index contributed by atoms with van der Waals surface area (Å²) in [6.45, 7) is 3.79. The second-order valence-electron chi connectivity index (χ2n) is 5.60. The number of benzene rings is 1. The van der Waals surface area contributed by atoms with Crippen LogP contribution in [0.4, 0.5) is 5.69 Å². The molecule has 1 atom stereocenters. The van der Waals surface area contributed by atoms with Crippen molar-refractivity contribution >= 4 is 11.6 Å². The topological polar surface area (TPSA) is 46.3 Å². The van der Waals surface area contributed by atoms with E-state index >= 15 is 0 Å². The van der Waals surface area contributed by atoms with E-state index < -0.39 is 0 Å². The lowest BCUT2D eigenvalue weighted by molar-refractivity contribution is -0.118. The minimum absolute atomic E-state index is 0.296. The largest absolute Gasteiger partial charge is 0.330 e. The maximum Gasteiger partial charge on any atom is 0.227 e. The van der Waals surface area contributed by atoms with Crippen LogP contribution >= 0.6 is 0 Å². The highest BCUT2D eigenvalue weighted by Crippen LogP contribution is 2.37. The Kier molecular flexibility index (Phi) is 2.86. The fourth-order valence-electron chi connectivity index (χ4n) is 3.13. The van der Waals surface area contributed by atoms with Gasteiger partial charge in [-0.2, -0.15) is 0 Å². The van der Waals surface area contributed by atoms with Crippen molar-refractivity contribution in [2.75, 3.05) is 18.0 Å². The average molecular weight is 244 g/mol. The molecule has 2 aliphatic rings. The van der Waals surface area contributed by atoms with Gasteiger partial charge in [-0.15, -0.1) is 0 Å². The highest BCUT2D eigenvalue weighted by Gasteiger charge is 2.31. The van der Waals surface area contributed by atoms with Crippen molar-refractivity contribution in [3.05, 3.63) is 28.8 Å². The maximum absolute atomic E-state index is 11.8. The molecule has 2 N–H and O–H groups in total. The molecule has 0 aliphatic carbocycles. The van der Waals surface area contributed by atoms with Crippen molar-refractivity contribution in [1.29, 1.82) is 0 Å². The van der Waals surface area contributed by atoms with Crippen LogP contribution in [0.3, 0.4) is 0 Å². The van der Waals surface area contributed by atoms with Crippen LogP contribution in [-0.4, -0.2) is 19.0 Å². The lowest BCUT2D eigenvalue weighted by Gasteiger charge is -2.26. The molecule has 0 spiro atoms. The van der Waals surface area contributed by atoms with Gasteiger partial charge in [-0.25, -0.2) is 0 Å². The molecule has 1 amide bonds. The van der Waals surface area contributed by atoms with Crippen LogP contribution in [0.2, 0.25) is 0 Å². The van der Waals surface area contributed by atoms with Crippen LogP contribution < -0.4 is 10.6 Å². The predicted molar refractivity (Wildman–Crippen MR) is 72.7 cm³/mol. The molecule has 0 fully saturated rings. The summed E-state index contributed by atoms with van der Waals surface area (Å²) in [5.74, 6) is 0.822. The molecule has 3 nitrogen and oxygen atoms in total. The molecule has 2 heterocycles. The van der Waals surface area contributed by atoms with Gasteiger partial charge in [-0.3, -0.25) is 4.79 Å². The summed E-state index contributed by atoms with van der Waals surface area (Å²) in [5, 5.41) is 0. The molecule has 0 saturated heterocycles. The summed E-state index contributed by atoms with van der Waals surface area (Å²) in [4.78, 5) is 13.8. The van der Waals surface area contributed by atoms with E-state index in [0.717, 1.165) is 32.4 Å². The van der Waals surface area contributed by atoms with Gasteiger partial charge in [0.05, 0.1) is 5.69 Å². The zero-order chi connectivity index (χ0) is 12.7. The number of hydrogen-bond donors (Lipinski definition) is 1. The van der Waals surface area contributed by atoms with E-state index in [1.54, 1.807) is 0 Å². The van der Waals surface area contributed by atoms with Crippen molar-refractivity contribution in [3.63, 3.8) is 0 Å². The molecule has 0 aromatic heterocycles. The van der Waals surface area contributed by atoms with Gasteiger partial charge in [0.15, 0.2) is 0 Å². The molecule has 2 aliphatic heterocycles. The highest BCUT2D eigenvalue weighted by atomic mass is 16.2. The molecular formula is C15H20N2O. The van der Waals surface area contributed by atoms with Crippen LogP contribution in [0.5, 0.6) is 0 Å². The van der Waals surface area contributed by atoms with Gasteiger partial charge < -0.3 is 10.6 Å². The minimum atomic E-state index is 0.296. The first-order valence-corrected chi connectivity index (χ1v) is 6.84. The number of amides is 1. The normalized spacial score (nSPS) is 19.0. The summed E-state index contributed by atoms with van der Waals surface area (Å²) in [6, 6.07) is 4.57. The molecule has 0 bridgehead atoms. The number of nitrogens with zero attached hydrogens (tertiary/aromatic N) is 1. The highest BCUT2D eigenvalue weighted by molar-refractivity contribution is 5.98. The Morgan fingerprint density at radius 3 is 2.72 bits per heavy atom. The van der Waals surface area contributed by atoms with Crippen molar-refractivity contribution in [1.82, 2.24) is 0 Å². The molecule has 3 rings (SSSR count). The fraction of sp³-hybridized carbons (Fsp3) is 0.533. The molecule has 3 heteroatoms. The molecule has 1 aromatic rings. The molecule has 1 aromatic carbocycles. The first-order valence-electron chi connectivity index (χ1n) is 6.84. The Hall–Kier alpha value is -1.35. The van der Waals surface area contributed by atoms with Gasteiger partial charge in [-0.1, -0.05) is 19.1 Å². The number of aryl methyl sites for hydroxylation is 1. The SMILES string of the molecule is CC(CN)Cc1cc2c3c(c1)CCN3C(=O)CC2. The first-order chi connectivity index (χ1) is 8.69. The first kappa shape index (κ1) is 11.7. The van der Waals surface area contributed by atoms with Crippen LogP contribution in [-0.2, 0) is 24.1 Å². The van der Waals surface area contributed by atoms with Gasteiger partial charge >= 0.3 is 0 Å². The van der Waals surface area contributed by atoms with Crippen molar-refractivity contribution in [3.8, 4) is 0 Å². The van der Waals surface area contributed by atoms with E-state index in [1.807, 2.05) is 4.90 Å². The molecule has 96 valence electrons. The third-order valence-corrected chi connectivity index (χ3v) is 4.10. The Morgan fingerprint density at radius 1 is 1.28 bits per heavy atom. The Labute approximate surface area is 108 Å². The Balaban J connectivity index is 1.97. The van der Waals surface area contributed by atoms with Crippen LogP contribution in [0.1, 0.15) is 30.0 Å². The molecule has 18 heavy (non-hydrogen) atoms. The van der Waals surface area contributed by atoms with E-state index in [1.165, 1.54) is 22.4 Å². The third-order valence-electron chi connectivity index (χ3n) is 4.10. The fourth-order valence-corrected chi connectivity index (χ4v) is 3.13. The number of nitrogens with two attached hydrogens (primary N) is 1. The quantitative estimate of drug-likeness (QED) is 0.879. The summed E-state index contributed by atoms with van der Waals surface area (Å²) in [6.07, 6.45) is 3.63. The lowest BCUT2D eigenvalue weighted by Crippen LogP contribution is -2.32. The molecular weight excluding hydrogens is 224 g/mol. The zero-order valence-corrected chi connectivity index (χ0v) is 10.9. The van der Waals surface area contributed by atoms with E-state index in [2.05, 4.69) is 19.1 Å². The number of carbonyl (C=O) groups is 1. The van der Waals surface area contributed by atoms with Crippen LogP contribution in [0.25, 0.3) is 0 Å². The van der Waals surface area contributed by atoms with E-state index in [-0.39, 0.29) is 0 Å². The Bertz CT molecular complexity index is 496. The Morgan fingerprint density at radius 2 is 2.00 bits per heavy atom. The summed E-state index contributed by atoms with van der Waals surface area (Å²) in [5.41, 5.74) is 11.0. The van der Waals surface area contributed by atoms with Crippen LogP contribution in [0, 0.1) is 5.92 Å². The van der Waals surface area contributed by atoms with E-state index in [0.29, 0.717) is 18.2 Å². The summed E-state index contributed by atoms with van der Waals surface area (Å²) < 4.78 is 0. The molecule has 0 radical (unpaired) electrons. The standard InChI is InChI=1S/C15H20N2O/c1-10(9-16)6-11-7-12-2-3-14(18)17-5-4-13(8-11)15(12)17/h7-8,10H,2-6,9,16H2,1H3. The molecule has 0 saturated carbocycles. The van der Waals surface area contributed by atoms with Crippen molar-refractivity contribution in [2.24, 2.45) is 11.7 Å². The average Bonchev–Trinajstić information content (AvgIpc) is 2.79. The smallest absolute Gasteiger partial charge is 0.227 e. The van der Waals surface area contributed by atoms with Gasteiger partial charge in [-0.05, 0) is 48.4 Å². The van der Waals surface area contributed by atoms with Crippen LogP contribution in [0.15, 0.2) is 12.1 Å². The number of anilines is 1. The summed E-state index contributed by atoms with van der Waals surface area (Å²) >= 11 is 0. The predicted octanol–water partition coefficient (Wildman–Crippen LogP) is 1.66. The number of carbonyl (C=O) groups excluding carboxylic acids is 1. The second-order valence-corrected chi connectivity index (χ2v) is 5.60. The van der Waals surface area contributed by atoms with E-state index in [9.17, 15) is 4.79 Å². The summed E-state index contributed by atoms with van der Waals surface area (Å²) in [7, 11) is 0. The lowest BCUT2D eigenvalue weighted by atomic mass is 9.93. The number of hydrogen-bond acceptors (Lipinski definition) is 2. The minimum Gasteiger partial charge on any atom is -0.330 e. The monoisotopic (exact) mass is 244 g/mol. The zero-order valence-electron chi connectivity index (χ0n) is 10.9. The van der Waals surface area contributed by atoms with Gasteiger partial charge in [0.25, 0.3) is 0 Å². The van der Waals surface area contributed by atoms with Crippen molar-refractivity contribution < 1.29 is 4.79 Å². The second kappa shape index (κ2) is 4.39. The third kappa shape index (κ3) is 1.83.